The molecule has 1 atom stereocenters. The topological polar surface area (TPSA) is 43.7 Å². The highest BCUT2D eigenvalue weighted by Crippen LogP contribution is 2.29. The predicted octanol–water partition coefficient (Wildman–Crippen LogP) is 1.65. The molecule has 1 aromatic carbocycles. The Morgan fingerprint density at radius 1 is 1.38 bits per heavy atom. The van der Waals surface area contributed by atoms with E-state index in [0.29, 0.717) is 10.9 Å². The molecule has 0 saturated carbocycles. The van der Waals surface area contributed by atoms with Crippen LogP contribution in [0.5, 0.6) is 0 Å². The molecule has 0 aromatic heterocycles. The lowest BCUT2D eigenvalue weighted by molar-refractivity contribution is 0.238. The SMILES string of the molecule is OCc1cc(Cl)ccc1N1CCC(CO)C1. The molecule has 1 aromatic rings. The number of aliphatic hydroxyl groups is 2. The van der Waals surface area contributed by atoms with Gasteiger partial charge in [0.25, 0.3) is 0 Å². The molecule has 2 rings (SSSR count). The first-order chi connectivity index (χ1) is 7.74. The van der Waals surface area contributed by atoms with E-state index in [0.717, 1.165) is 30.8 Å². The van der Waals surface area contributed by atoms with E-state index in [1.54, 1.807) is 6.07 Å². The van der Waals surface area contributed by atoms with Gasteiger partial charge in [-0.25, -0.2) is 0 Å². The summed E-state index contributed by atoms with van der Waals surface area (Å²) in [5, 5.41) is 19.0. The Balaban J connectivity index is 2.20. The van der Waals surface area contributed by atoms with E-state index in [1.165, 1.54) is 0 Å². The molecular weight excluding hydrogens is 226 g/mol. The molecule has 2 N–H and O–H groups in total. The Morgan fingerprint density at radius 2 is 2.19 bits per heavy atom. The Morgan fingerprint density at radius 3 is 2.81 bits per heavy atom. The Hall–Kier alpha value is -0.770. The van der Waals surface area contributed by atoms with E-state index in [4.69, 9.17) is 16.7 Å². The molecule has 88 valence electrons. The molecule has 3 nitrogen and oxygen atoms in total. The summed E-state index contributed by atoms with van der Waals surface area (Å²) in [4.78, 5) is 2.20. The second kappa shape index (κ2) is 5.04. The van der Waals surface area contributed by atoms with E-state index < -0.39 is 0 Å². The largest absolute Gasteiger partial charge is 0.396 e. The van der Waals surface area contributed by atoms with Crippen molar-refractivity contribution in [2.24, 2.45) is 5.92 Å². The summed E-state index contributed by atoms with van der Waals surface area (Å²) in [5.74, 6) is 0.349. The van der Waals surface area contributed by atoms with Gasteiger partial charge >= 0.3 is 0 Å². The van der Waals surface area contributed by atoms with Crippen molar-refractivity contribution < 1.29 is 10.2 Å². The van der Waals surface area contributed by atoms with E-state index in [9.17, 15) is 5.11 Å². The molecule has 4 heteroatoms. The van der Waals surface area contributed by atoms with Gasteiger partial charge in [0, 0.05) is 41.9 Å². The van der Waals surface area contributed by atoms with E-state index >= 15 is 0 Å². The van der Waals surface area contributed by atoms with Crippen molar-refractivity contribution in [1.29, 1.82) is 0 Å². The van der Waals surface area contributed by atoms with Gasteiger partial charge in [-0.1, -0.05) is 11.6 Å². The first-order valence-corrected chi connectivity index (χ1v) is 5.87. The lowest BCUT2D eigenvalue weighted by Crippen LogP contribution is -2.21. The van der Waals surface area contributed by atoms with Gasteiger partial charge in [-0.2, -0.15) is 0 Å². The number of nitrogens with zero attached hydrogens (tertiary/aromatic N) is 1. The molecule has 16 heavy (non-hydrogen) atoms. The normalized spacial score (nSPS) is 20.4. The van der Waals surface area contributed by atoms with Crippen LogP contribution in [0.15, 0.2) is 18.2 Å². The van der Waals surface area contributed by atoms with Crippen LogP contribution in [0.4, 0.5) is 5.69 Å². The molecule has 1 saturated heterocycles. The molecule has 1 fully saturated rings. The molecule has 0 spiro atoms. The van der Waals surface area contributed by atoms with Crippen molar-refractivity contribution in [1.82, 2.24) is 0 Å². The van der Waals surface area contributed by atoms with Crippen molar-refractivity contribution in [3.63, 3.8) is 0 Å². The number of aliphatic hydroxyl groups excluding tert-OH is 2. The van der Waals surface area contributed by atoms with Crippen molar-refractivity contribution in [3.05, 3.63) is 28.8 Å². The summed E-state index contributed by atoms with van der Waals surface area (Å²) in [5.41, 5.74) is 1.88. The van der Waals surface area contributed by atoms with Crippen LogP contribution in [0, 0.1) is 5.92 Å². The number of hydrogen-bond donors (Lipinski definition) is 2. The van der Waals surface area contributed by atoms with Crippen molar-refractivity contribution >= 4 is 17.3 Å². The van der Waals surface area contributed by atoms with Gasteiger partial charge in [-0.05, 0) is 24.6 Å². The third-order valence-electron chi connectivity index (χ3n) is 3.10. The standard InChI is InChI=1S/C12H16ClNO2/c13-11-1-2-12(10(5-11)8-16)14-4-3-9(6-14)7-15/h1-2,5,9,15-16H,3-4,6-8H2. The molecule has 0 amide bonds. The van der Waals surface area contributed by atoms with Crippen LogP contribution < -0.4 is 4.90 Å². The van der Waals surface area contributed by atoms with Crippen LogP contribution in [0.2, 0.25) is 5.02 Å². The summed E-state index contributed by atoms with van der Waals surface area (Å²) >= 11 is 5.89. The minimum Gasteiger partial charge on any atom is -0.396 e. The summed E-state index contributed by atoms with van der Waals surface area (Å²) < 4.78 is 0. The second-order valence-electron chi connectivity index (χ2n) is 4.21. The van der Waals surface area contributed by atoms with Crippen molar-refractivity contribution in [3.8, 4) is 0 Å². The number of anilines is 1. The van der Waals surface area contributed by atoms with Crippen LogP contribution in [0.3, 0.4) is 0 Å². The highest BCUT2D eigenvalue weighted by atomic mass is 35.5. The van der Waals surface area contributed by atoms with Crippen LogP contribution in [-0.4, -0.2) is 29.9 Å². The lowest BCUT2D eigenvalue weighted by Gasteiger charge is -2.21. The first-order valence-electron chi connectivity index (χ1n) is 5.49. The van der Waals surface area contributed by atoms with Gasteiger partial charge in [0.2, 0.25) is 0 Å². The third kappa shape index (κ3) is 2.32. The fraction of sp³-hybridized carbons (Fsp3) is 0.500. The molecule has 1 heterocycles. The highest BCUT2D eigenvalue weighted by molar-refractivity contribution is 6.30. The van der Waals surface area contributed by atoms with Crippen LogP contribution in [0.25, 0.3) is 0 Å². The zero-order chi connectivity index (χ0) is 11.5. The molecule has 0 aliphatic carbocycles. The molecule has 0 radical (unpaired) electrons. The van der Waals surface area contributed by atoms with Gasteiger partial charge in [-0.3, -0.25) is 0 Å². The lowest BCUT2D eigenvalue weighted by atomic mass is 10.1. The fourth-order valence-corrected chi connectivity index (χ4v) is 2.38. The van der Waals surface area contributed by atoms with Gasteiger partial charge in [0.05, 0.1) is 6.61 Å². The maximum Gasteiger partial charge on any atom is 0.0702 e. The molecule has 1 aliphatic rings. The molecule has 1 unspecified atom stereocenters. The number of hydrogen-bond acceptors (Lipinski definition) is 3. The Labute approximate surface area is 100 Å². The van der Waals surface area contributed by atoms with E-state index in [-0.39, 0.29) is 13.2 Å². The maximum atomic E-state index is 9.29. The number of rotatable bonds is 3. The van der Waals surface area contributed by atoms with Crippen molar-refractivity contribution in [2.75, 3.05) is 24.6 Å². The van der Waals surface area contributed by atoms with Crippen molar-refractivity contribution in [2.45, 2.75) is 13.0 Å². The average Bonchev–Trinajstić information content (AvgIpc) is 2.77. The molecule has 0 bridgehead atoms. The molecular formula is C12H16ClNO2. The number of benzene rings is 1. The maximum absolute atomic E-state index is 9.29. The second-order valence-corrected chi connectivity index (χ2v) is 4.65. The Bertz CT molecular complexity index is 370. The summed E-state index contributed by atoms with van der Waals surface area (Å²) in [7, 11) is 0. The Kier molecular flexibility index (Phi) is 3.69. The monoisotopic (exact) mass is 241 g/mol. The third-order valence-corrected chi connectivity index (χ3v) is 3.33. The van der Waals surface area contributed by atoms with Crippen LogP contribution >= 0.6 is 11.6 Å². The van der Waals surface area contributed by atoms with E-state index in [2.05, 4.69) is 4.90 Å². The highest BCUT2D eigenvalue weighted by Gasteiger charge is 2.23. The van der Waals surface area contributed by atoms with Crippen LogP contribution in [-0.2, 0) is 6.61 Å². The van der Waals surface area contributed by atoms with Gasteiger partial charge < -0.3 is 15.1 Å². The minimum absolute atomic E-state index is 0.00378. The van der Waals surface area contributed by atoms with Gasteiger partial charge in [-0.15, -0.1) is 0 Å². The van der Waals surface area contributed by atoms with Gasteiger partial charge in [0.1, 0.15) is 0 Å². The van der Waals surface area contributed by atoms with Gasteiger partial charge in [0.15, 0.2) is 0 Å². The fourth-order valence-electron chi connectivity index (χ4n) is 2.19. The molecule has 1 aliphatic heterocycles. The summed E-state index contributed by atoms with van der Waals surface area (Å²) in [6.07, 6.45) is 1.00. The summed E-state index contributed by atoms with van der Waals surface area (Å²) in [6.45, 7) is 2.01. The summed E-state index contributed by atoms with van der Waals surface area (Å²) in [6, 6.07) is 5.57. The predicted molar refractivity (Wildman–Crippen MR) is 64.8 cm³/mol. The minimum atomic E-state index is -0.00378. The number of halogens is 1. The average molecular weight is 242 g/mol. The van der Waals surface area contributed by atoms with E-state index in [1.807, 2.05) is 12.1 Å². The zero-order valence-electron chi connectivity index (χ0n) is 9.06. The quantitative estimate of drug-likeness (QED) is 0.846. The smallest absolute Gasteiger partial charge is 0.0702 e. The first kappa shape index (κ1) is 11.7. The zero-order valence-corrected chi connectivity index (χ0v) is 9.82. The van der Waals surface area contributed by atoms with Crippen LogP contribution in [0.1, 0.15) is 12.0 Å².